The first-order valence-electron chi connectivity index (χ1n) is 7.53. The second-order valence-electron chi connectivity index (χ2n) is 5.55. The lowest BCUT2D eigenvalue weighted by Gasteiger charge is -2.40. The van der Waals surface area contributed by atoms with Gasteiger partial charge in [-0.3, -0.25) is 0 Å². The van der Waals surface area contributed by atoms with Gasteiger partial charge in [-0.25, -0.2) is 4.98 Å². The fraction of sp³-hybridized carbons (Fsp3) is 0.800. The number of nitrogens with zero attached hydrogens (tertiary/aromatic N) is 2. The van der Waals surface area contributed by atoms with Crippen molar-refractivity contribution in [1.29, 1.82) is 0 Å². The third-order valence-electron chi connectivity index (χ3n) is 4.36. The molecule has 0 aliphatic carbocycles. The molecule has 0 bridgehead atoms. The number of aromatic nitrogens is 1. The maximum Gasteiger partial charge on any atom is 0.113 e. The van der Waals surface area contributed by atoms with Crippen molar-refractivity contribution >= 4 is 11.3 Å². The Bertz CT molecular complexity index is 406. The van der Waals surface area contributed by atoms with Crippen LogP contribution >= 0.6 is 11.3 Å². The second-order valence-corrected chi connectivity index (χ2v) is 6.75. The molecule has 1 fully saturated rings. The third kappa shape index (κ3) is 3.01. The van der Waals surface area contributed by atoms with Crippen LogP contribution in [0.5, 0.6) is 0 Å². The van der Waals surface area contributed by atoms with Crippen LogP contribution in [0, 0.1) is 6.92 Å². The van der Waals surface area contributed by atoms with Gasteiger partial charge >= 0.3 is 0 Å². The quantitative estimate of drug-likeness (QED) is 0.899. The van der Waals surface area contributed by atoms with Crippen LogP contribution in [0.4, 0.5) is 0 Å². The molecule has 3 nitrogen and oxygen atoms in total. The summed E-state index contributed by atoms with van der Waals surface area (Å²) in [7, 11) is 2.10. The summed E-state index contributed by atoms with van der Waals surface area (Å²) in [6, 6.07) is 0. The molecule has 4 heteroatoms. The molecule has 1 N–H and O–H groups in total. The summed E-state index contributed by atoms with van der Waals surface area (Å²) in [5.74, 6) is 0. The standard InChI is InChI=1S/C15H27N3S/c1-5-9-18-10-7-15(16-4,8-11-18)14-17-13(6-2)12(3)19-14/h16H,5-11H2,1-4H3. The topological polar surface area (TPSA) is 28.2 Å². The van der Waals surface area contributed by atoms with Gasteiger partial charge in [-0.15, -0.1) is 11.3 Å². The average molecular weight is 281 g/mol. The SMILES string of the molecule is CCCN1CCC(NC)(c2nc(CC)c(C)s2)CC1. The second kappa shape index (κ2) is 6.33. The molecule has 0 aromatic carbocycles. The number of aryl methyl sites for hydroxylation is 2. The lowest BCUT2D eigenvalue weighted by atomic mass is 9.88. The van der Waals surface area contributed by atoms with Gasteiger partial charge in [0.1, 0.15) is 5.01 Å². The van der Waals surface area contributed by atoms with Gasteiger partial charge in [-0.05, 0) is 46.2 Å². The molecular weight excluding hydrogens is 254 g/mol. The zero-order valence-electron chi connectivity index (χ0n) is 12.8. The molecule has 19 heavy (non-hydrogen) atoms. The van der Waals surface area contributed by atoms with Crippen LogP contribution in [0.15, 0.2) is 0 Å². The Morgan fingerprint density at radius 1 is 1.32 bits per heavy atom. The minimum Gasteiger partial charge on any atom is -0.308 e. The fourth-order valence-electron chi connectivity index (χ4n) is 3.01. The van der Waals surface area contributed by atoms with E-state index < -0.39 is 0 Å². The van der Waals surface area contributed by atoms with E-state index >= 15 is 0 Å². The van der Waals surface area contributed by atoms with E-state index in [-0.39, 0.29) is 5.54 Å². The van der Waals surface area contributed by atoms with Crippen molar-refractivity contribution in [3.05, 3.63) is 15.6 Å². The van der Waals surface area contributed by atoms with Crippen molar-refractivity contribution in [1.82, 2.24) is 15.2 Å². The predicted molar refractivity (Wildman–Crippen MR) is 82.9 cm³/mol. The van der Waals surface area contributed by atoms with Crippen molar-refractivity contribution in [2.24, 2.45) is 0 Å². The fourth-order valence-corrected chi connectivity index (χ4v) is 4.26. The minimum absolute atomic E-state index is 0.118. The molecule has 0 radical (unpaired) electrons. The van der Waals surface area contributed by atoms with Crippen molar-refractivity contribution in [2.75, 3.05) is 26.7 Å². The van der Waals surface area contributed by atoms with Crippen LogP contribution in [0.25, 0.3) is 0 Å². The summed E-state index contributed by atoms with van der Waals surface area (Å²) in [5.41, 5.74) is 1.40. The van der Waals surface area contributed by atoms with E-state index in [4.69, 9.17) is 4.98 Å². The highest BCUT2D eigenvalue weighted by Gasteiger charge is 2.37. The molecule has 1 saturated heterocycles. The van der Waals surface area contributed by atoms with Crippen LogP contribution in [0.2, 0.25) is 0 Å². The van der Waals surface area contributed by atoms with Gasteiger partial charge < -0.3 is 10.2 Å². The molecule has 2 heterocycles. The van der Waals surface area contributed by atoms with Gasteiger partial charge in [0.15, 0.2) is 0 Å². The summed E-state index contributed by atoms with van der Waals surface area (Å²) in [4.78, 5) is 8.88. The van der Waals surface area contributed by atoms with E-state index in [1.54, 1.807) is 0 Å². The molecular formula is C15H27N3S. The van der Waals surface area contributed by atoms with Gasteiger partial charge in [0, 0.05) is 18.0 Å². The molecule has 1 aromatic rings. The third-order valence-corrected chi connectivity index (χ3v) is 5.58. The van der Waals surface area contributed by atoms with Gasteiger partial charge in [-0.2, -0.15) is 0 Å². The number of piperidine rings is 1. The van der Waals surface area contributed by atoms with Crippen LogP contribution in [-0.2, 0) is 12.0 Å². The smallest absolute Gasteiger partial charge is 0.113 e. The summed E-state index contributed by atoms with van der Waals surface area (Å²) in [5, 5.41) is 4.89. The Labute approximate surface area is 121 Å². The zero-order valence-corrected chi connectivity index (χ0v) is 13.6. The Balaban J connectivity index is 2.15. The summed E-state index contributed by atoms with van der Waals surface area (Å²) < 4.78 is 0. The molecule has 1 aliphatic heterocycles. The lowest BCUT2D eigenvalue weighted by Crippen LogP contribution is -2.49. The molecule has 108 valence electrons. The van der Waals surface area contributed by atoms with Crippen molar-refractivity contribution < 1.29 is 0 Å². The molecule has 0 atom stereocenters. The van der Waals surface area contributed by atoms with Crippen LogP contribution < -0.4 is 5.32 Å². The van der Waals surface area contributed by atoms with Crippen LogP contribution in [0.3, 0.4) is 0 Å². The Hall–Kier alpha value is -0.450. The monoisotopic (exact) mass is 281 g/mol. The Morgan fingerprint density at radius 3 is 2.47 bits per heavy atom. The van der Waals surface area contributed by atoms with E-state index in [1.165, 1.54) is 54.5 Å². The van der Waals surface area contributed by atoms with E-state index in [0.29, 0.717) is 0 Å². The highest BCUT2D eigenvalue weighted by atomic mass is 32.1. The number of thiazole rings is 1. The lowest BCUT2D eigenvalue weighted by molar-refractivity contribution is 0.140. The minimum atomic E-state index is 0.118. The Morgan fingerprint density at radius 2 is 2.00 bits per heavy atom. The van der Waals surface area contributed by atoms with E-state index in [2.05, 4.69) is 38.0 Å². The van der Waals surface area contributed by atoms with Crippen LogP contribution in [-0.4, -0.2) is 36.6 Å². The summed E-state index contributed by atoms with van der Waals surface area (Å²) >= 11 is 1.89. The van der Waals surface area contributed by atoms with Gasteiger partial charge in [-0.1, -0.05) is 13.8 Å². The first kappa shape index (κ1) is 14.9. The molecule has 2 rings (SSSR count). The van der Waals surface area contributed by atoms with E-state index in [1.807, 2.05) is 11.3 Å². The molecule has 0 saturated carbocycles. The zero-order chi connectivity index (χ0) is 13.9. The Kier molecular flexibility index (Phi) is 4.98. The maximum absolute atomic E-state index is 4.90. The average Bonchev–Trinajstić information content (AvgIpc) is 2.82. The number of likely N-dealkylation sites (tertiary alicyclic amines) is 1. The molecule has 0 spiro atoms. The van der Waals surface area contributed by atoms with E-state index in [9.17, 15) is 0 Å². The van der Waals surface area contributed by atoms with Crippen molar-refractivity contribution in [3.63, 3.8) is 0 Å². The predicted octanol–water partition coefficient (Wildman–Crippen LogP) is 2.93. The van der Waals surface area contributed by atoms with E-state index in [0.717, 1.165) is 6.42 Å². The number of nitrogens with one attached hydrogen (secondary N) is 1. The normalized spacial score (nSPS) is 19.8. The highest BCUT2D eigenvalue weighted by Crippen LogP contribution is 2.36. The molecule has 0 unspecified atom stereocenters. The largest absolute Gasteiger partial charge is 0.308 e. The summed E-state index contributed by atoms with van der Waals surface area (Å²) in [6.45, 7) is 10.3. The number of rotatable bonds is 5. The first-order chi connectivity index (χ1) is 9.15. The van der Waals surface area contributed by atoms with Crippen molar-refractivity contribution in [2.45, 2.75) is 52.0 Å². The van der Waals surface area contributed by atoms with Crippen molar-refractivity contribution in [3.8, 4) is 0 Å². The molecule has 0 amide bonds. The van der Waals surface area contributed by atoms with Gasteiger partial charge in [0.2, 0.25) is 0 Å². The maximum atomic E-state index is 4.90. The van der Waals surface area contributed by atoms with Gasteiger partial charge in [0.25, 0.3) is 0 Å². The molecule has 1 aromatic heterocycles. The highest BCUT2D eigenvalue weighted by molar-refractivity contribution is 7.11. The van der Waals surface area contributed by atoms with Gasteiger partial charge in [0.05, 0.1) is 11.2 Å². The first-order valence-corrected chi connectivity index (χ1v) is 8.35. The number of hydrogen-bond acceptors (Lipinski definition) is 4. The van der Waals surface area contributed by atoms with Crippen LogP contribution in [0.1, 0.15) is 48.7 Å². The number of hydrogen-bond donors (Lipinski definition) is 1. The summed E-state index contributed by atoms with van der Waals surface area (Å²) in [6.07, 6.45) is 4.66. The molecule has 1 aliphatic rings.